The summed E-state index contributed by atoms with van der Waals surface area (Å²) in [6.45, 7) is 2.57. The summed E-state index contributed by atoms with van der Waals surface area (Å²) in [5.41, 5.74) is 2.68. The van der Waals surface area contributed by atoms with Gasteiger partial charge in [0.1, 0.15) is 17.7 Å². The Morgan fingerprint density at radius 3 is 2.22 bits per heavy atom. The van der Waals surface area contributed by atoms with Gasteiger partial charge < -0.3 is 4.74 Å². The molecule has 0 N–H and O–H groups in total. The number of hydrogen-bond donors (Lipinski definition) is 0. The van der Waals surface area contributed by atoms with E-state index in [1.165, 1.54) is 6.07 Å². The van der Waals surface area contributed by atoms with Gasteiger partial charge in [0, 0.05) is 6.42 Å². The van der Waals surface area contributed by atoms with E-state index in [-0.39, 0.29) is 12.2 Å². The van der Waals surface area contributed by atoms with Gasteiger partial charge in [0.25, 0.3) is 0 Å². The molecule has 0 aliphatic rings. The van der Waals surface area contributed by atoms with Gasteiger partial charge in [0.15, 0.2) is 0 Å². The zero-order chi connectivity index (χ0) is 19.1. The second-order valence-electron chi connectivity index (χ2n) is 6.27. The van der Waals surface area contributed by atoms with Crippen molar-refractivity contribution in [1.29, 1.82) is 0 Å². The monoisotopic (exact) mass is 364 g/mol. The van der Waals surface area contributed by atoms with Crippen molar-refractivity contribution in [2.45, 2.75) is 19.5 Å². The Labute approximate surface area is 158 Å². The van der Waals surface area contributed by atoms with Crippen molar-refractivity contribution >= 4 is 12.2 Å². The van der Waals surface area contributed by atoms with E-state index in [4.69, 9.17) is 4.74 Å². The molecular formula is C24H22F2O. The molecule has 0 aliphatic carbocycles. The van der Waals surface area contributed by atoms with Crippen LogP contribution < -0.4 is 4.74 Å². The van der Waals surface area contributed by atoms with Gasteiger partial charge in [-0.3, -0.25) is 0 Å². The average molecular weight is 364 g/mol. The Morgan fingerprint density at radius 1 is 0.889 bits per heavy atom. The molecule has 27 heavy (non-hydrogen) atoms. The van der Waals surface area contributed by atoms with Crippen molar-refractivity contribution in [3.63, 3.8) is 0 Å². The molecule has 138 valence electrons. The lowest BCUT2D eigenvalue weighted by Gasteiger charge is -2.10. The molecule has 3 heteroatoms. The molecule has 0 aromatic heterocycles. The fourth-order valence-corrected chi connectivity index (χ4v) is 2.84. The molecule has 0 amide bonds. The Balaban J connectivity index is 1.67. The summed E-state index contributed by atoms with van der Waals surface area (Å²) >= 11 is 0. The molecule has 1 atom stereocenters. The Morgan fingerprint density at radius 2 is 1.56 bits per heavy atom. The van der Waals surface area contributed by atoms with Gasteiger partial charge in [-0.2, -0.15) is 0 Å². The van der Waals surface area contributed by atoms with Gasteiger partial charge in [0.05, 0.1) is 6.61 Å². The summed E-state index contributed by atoms with van der Waals surface area (Å²) in [7, 11) is 0. The highest BCUT2D eigenvalue weighted by Crippen LogP contribution is 2.24. The van der Waals surface area contributed by atoms with Crippen molar-refractivity contribution in [2.75, 3.05) is 6.61 Å². The lowest BCUT2D eigenvalue weighted by Crippen LogP contribution is -1.99. The molecule has 1 nitrogen and oxygen atoms in total. The highest BCUT2D eigenvalue weighted by atomic mass is 19.1. The Kier molecular flexibility index (Phi) is 6.37. The van der Waals surface area contributed by atoms with Crippen LogP contribution in [0.15, 0.2) is 72.8 Å². The van der Waals surface area contributed by atoms with E-state index in [9.17, 15) is 8.78 Å². The summed E-state index contributed by atoms with van der Waals surface area (Å²) in [5.74, 6) is 0.437. The zero-order valence-corrected chi connectivity index (χ0v) is 15.2. The zero-order valence-electron chi connectivity index (χ0n) is 15.2. The van der Waals surface area contributed by atoms with Crippen LogP contribution in [0.3, 0.4) is 0 Å². The van der Waals surface area contributed by atoms with E-state index in [2.05, 4.69) is 0 Å². The number of ether oxygens (including phenoxy) is 1. The summed E-state index contributed by atoms with van der Waals surface area (Å²) in [4.78, 5) is 0. The fraction of sp³-hybridized carbons (Fsp3) is 0.167. The van der Waals surface area contributed by atoms with Crippen molar-refractivity contribution in [3.05, 3.63) is 101 Å². The van der Waals surface area contributed by atoms with Gasteiger partial charge in [0.2, 0.25) is 0 Å². The lowest BCUT2D eigenvalue weighted by molar-refractivity contribution is 0.338. The van der Waals surface area contributed by atoms with E-state index in [0.29, 0.717) is 17.7 Å². The van der Waals surface area contributed by atoms with Crippen LogP contribution in [0.25, 0.3) is 12.2 Å². The summed E-state index contributed by atoms with van der Waals surface area (Å²) in [6, 6.07) is 21.4. The summed E-state index contributed by atoms with van der Waals surface area (Å²) < 4.78 is 34.2. The van der Waals surface area contributed by atoms with E-state index in [1.54, 1.807) is 36.4 Å². The first-order valence-electron chi connectivity index (χ1n) is 9.04. The SMILES string of the molecule is CCOc1ccc(/C=C/c2ccc(CC(F)c3ccccc3)c(F)c2)cc1. The molecular weight excluding hydrogens is 342 g/mol. The van der Waals surface area contributed by atoms with Gasteiger partial charge in [-0.25, -0.2) is 8.78 Å². The second kappa shape index (κ2) is 9.13. The predicted octanol–water partition coefficient (Wildman–Crippen LogP) is 6.65. The van der Waals surface area contributed by atoms with Crippen LogP contribution in [0, 0.1) is 5.82 Å². The maximum atomic E-state index is 14.4. The largest absolute Gasteiger partial charge is 0.494 e. The molecule has 3 aromatic rings. The number of halogens is 2. The molecule has 0 saturated carbocycles. The third-order valence-electron chi connectivity index (χ3n) is 4.30. The highest BCUT2D eigenvalue weighted by molar-refractivity contribution is 5.70. The molecule has 0 heterocycles. The average Bonchev–Trinajstić information content (AvgIpc) is 2.70. The molecule has 0 radical (unpaired) electrons. The topological polar surface area (TPSA) is 9.23 Å². The van der Waals surface area contributed by atoms with Gasteiger partial charge >= 0.3 is 0 Å². The fourth-order valence-electron chi connectivity index (χ4n) is 2.84. The van der Waals surface area contributed by atoms with Crippen LogP contribution in [0.1, 0.15) is 35.3 Å². The summed E-state index contributed by atoms with van der Waals surface area (Å²) in [6.07, 6.45) is 2.56. The molecule has 0 aliphatic heterocycles. The molecule has 0 fully saturated rings. The first-order valence-corrected chi connectivity index (χ1v) is 9.04. The minimum Gasteiger partial charge on any atom is -0.494 e. The van der Waals surface area contributed by atoms with Crippen molar-refractivity contribution in [1.82, 2.24) is 0 Å². The van der Waals surface area contributed by atoms with Gasteiger partial charge in [-0.05, 0) is 47.4 Å². The smallest absolute Gasteiger partial charge is 0.129 e. The standard InChI is InChI=1S/C24H22F2O/c1-2-27-22-14-11-18(12-15-22)8-9-19-10-13-21(23(25)16-19)17-24(26)20-6-4-3-5-7-20/h3-16,24H,2,17H2,1H3/b9-8+. The Bertz CT molecular complexity index is 886. The normalized spacial score (nSPS) is 12.3. The first kappa shape index (κ1) is 18.8. The Hall–Kier alpha value is -2.94. The number of rotatable bonds is 7. The van der Waals surface area contributed by atoms with Crippen molar-refractivity contribution in [3.8, 4) is 5.75 Å². The number of benzene rings is 3. The lowest BCUT2D eigenvalue weighted by atomic mass is 10.0. The van der Waals surface area contributed by atoms with E-state index in [0.717, 1.165) is 16.9 Å². The number of alkyl halides is 1. The van der Waals surface area contributed by atoms with Crippen LogP contribution >= 0.6 is 0 Å². The first-order chi connectivity index (χ1) is 13.2. The van der Waals surface area contributed by atoms with E-state index >= 15 is 0 Å². The molecule has 3 rings (SSSR count). The highest BCUT2D eigenvalue weighted by Gasteiger charge is 2.13. The minimum atomic E-state index is -1.22. The second-order valence-corrected chi connectivity index (χ2v) is 6.27. The third kappa shape index (κ3) is 5.27. The molecule has 0 saturated heterocycles. The quantitative estimate of drug-likeness (QED) is 0.427. The van der Waals surface area contributed by atoms with Crippen LogP contribution in [-0.4, -0.2) is 6.61 Å². The molecule has 1 unspecified atom stereocenters. The molecule has 0 spiro atoms. The molecule has 3 aromatic carbocycles. The van der Waals surface area contributed by atoms with Crippen LogP contribution in [0.5, 0.6) is 5.75 Å². The maximum Gasteiger partial charge on any atom is 0.129 e. The third-order valence-corrected chi connectivity index (χ3v) is 4.30. The van der Waals surface area contributed by atoms with Crippen molar-refractivity contribution in [2.24, 2.45) is 0 Å². The number of hydrogen-bond acceptors (Lipinski definition) is 1. The van der Waals surface area contributed by atoms with Crippen LogP contribution in [0.2, 0.25) is 0 Å². The predicted molar refractivity (Wildman–Crippen MR) is 107 cm³/mol. The van der Waals surface area contributed by atoms with Gasteiger partial charge in [-0.15, -0.1) is 0 Å². The van der Waals surface area contributed by atoms with Crippen LogP contribution in [0.4, 0.5) is 8.78 Å². The van der Waals surface area contributed by atoms with E-state index < -0.39 is 6.17 Å². The maximum absolute atomic E-state index is 14.4. The minimum absolute atomic E-state index is 0.0265. The van der Waals surface area contributed by atoms with Crippen molar-refractivity contribution < 1.29 is 13.5 Å². The summed E-state index contributed by atoms with van der Waals surface area (Å²) in [5, 5.41) is 0. The van der Waals surface area contributed by atoms with Gasteiger partial charge in [-0.1, -0.05) is 66.7 Å². The van der Waals surface area contributed by atoms with E-state index in [1.807, 2.05) is 49.4 Å². The molecule has 0 bridgehead atoms. The van der Waals surface area contributed by atoms with Crippen LogP contribution in [-0.2, 0) is 6.42 Å².